The zero-order chi connectivity index (χ0) is 63.4. The molecule has 2 aromatic heterocycles. The third-order valence-electron chi connectivity index (χ3n) is 15.0. The molecule has 0 aliphatic carbocycles. The highest BCUT2D eigenvalue weighted by Gasteiger charge is 2.45. The molecule has 7 atom stereocenters. The van der Waals surface area contributed by atoms with Crippen LogP contribution in [0.25, 0.3) is 0 Å². The van der Waals surface area contributed by atoms with Crippen LogP contribution in [0.1, 0.15) is 160 Å². The van der Waals surface area contributed by atoms with Gasteiger partial charge in [0.15, 0.2) is 0 Å². The van der Waals surface area contributed by atoms with Gasteiger partial charge in [0.1, 0.15) is 11.2 Å². The number of nitrogens with zero attached hydrogens (tertiary/aromatic N) is 9. The van der Waals surface area contributed by atoms with Gasteiger partial charge in [0.05, 0.1) is 50.9 Å². The van der Waals surface area contributed by atoms with E-state index >= 15 is 0 Å². The maximum Gasteiger partial charge on any atom is 0.416 e. The van der Waals surface area contributed by atoms with Crippen LogP contribution in [0.3, 0.4) is 0 Å². The molecule has 0 spiro atoms. The number of alkyl halides is 12. The number of amides is 2. The molecular weight excluding hydrogens is 1210 g/mol. The Bertz CT molecular complexity index is 2770. The Kier molecular flexibility index (Phi) is 21.7. The molecule has 3 aliphatic rings. The second kappa shape index (κ2) is 27.0. The molecule has 4 aromatic rings. The largest absolute Gasteiger partial charge is 0.444 e. The van der Waals surface area contributed by atoms with Crippen molar-refractivity contribution in [3.63, 3.8) is 0 Å². The lowest BCUT2D eigenvalue weighted by atomic mass is 9.87. The lowest BCUT2D eigenvalue weighted by Gasteiger charge is -2.48. The van der Waals surface area contributed by atoms with Gasteiger partial charge in [-0.2, -0.15) is 52.7 Å². The van der Waals surface area contributed by atoms with Crippen LogP contribution in [-0.2, 0) is 47.3 Å². The molecule has 14 nitrogen and oxygen atoms in total. The number of aliphatic hydroxyl groups is 1. The van der Waals surface area contributed by atoms with Crippen molar-refractivity contribution in [3.05, 3.63) is 99.0 Å². The first-order valence-corrected chi connectivity index (χ1v) is 29.0. The summed E-state index contributed by atoms with van der Waals surface area (Å²) in [5.41, 5.74) is -6.71. The zero-order valence-corrected chi connectivity index (χ0v) is 50.6. The topological polar surface area (TPSA) is 141 Å². The lowest BCUT2D eigenvalue weighted by molar-refractivity contribution is -0.144. The lowest BCUT2D eigenvalue weighted by Crippen LogP contribution is -2.57. The summed E-state index contributed by atoms with van der Waals surface area (Å²) >= 11 is 3.26. The van der Waals surface area contributed by atoms with Crippen LogP contribution < -0.4 is 14.7 Å². The summed E-state index contributed by atoms with van der Waals surface area (Å²) in [6, 6.07) is 1.20. The van der Waals surface area contributed by atoms with Crippen LogP contribution in [0, 0.1) is 0 Å². The van der Waals surface area contributed by atoms with E-state index in [1.165, 1.54) is 12.4 Å². The summed E-state index contributed by atoms with van der Waals surface area (Å²) in [4.78, 5) is 52.7. The van der Waals surface area contributed by atoms with Crippen molar-refractivity contribution in [2.24, 2.45) is 0 Å². The van der Waals surface area contributed by atoms with Crippen molar-refractivity contribution in [2.75, 3.05) is 27.8 Å². The Labute approximate surface area is 495 Å². The van der Waals surface area contributed by atoms with E-state index in [1.807, 2.05) is 32.6 Å². The first-order valence-electron chi connectivity index (χ1n) is 28.2. The van der Waals surface area contributed by atoms with Crippen LogP contribution in [0.4, 0.5) is 79.9 Å². The van der Waals surface area contributed by atoms with E-state index in [0.717, 1.165) is 24.3 Å². The van der Waals surface area contributed by atoms with Crippen LogP contribution in [0.2, 0.25) is 0 Å². The number of halogens is 13. The predicted octanol–water partition coefficient (Wildman–Crippen LogP) is 15.3. The fourth-order valence-electron chi connectivity index (χ4n) is 11.1. The molecule has 2 aromatic carbocycles. The van der Waals surface area contributed by atoms with Crippen LogP contribution in [-0.4, -0.2) is 114 Å². The van der Waals surface area contributed by atoms with Crippen molar-refractivity contribution in [3.8, 4) is 0 Å². The number of aliphatic hydroxyl groups excluding tert-OH is 1. The molecule has 1 N–H and O–H groups in total. The summed E-state index contributed by atoms with van der Waals surface area (Å²) in [6.07, 6.45) is -10.9. The number of rotatable bonds is 13. The van der Waals surface area contributed by atoms with Crippen LogP contribution in [0.5, 0.6) is 0 Å². The molecule has 2 unspecified atom stereocenters. The van der Waals surface area contributed by atoms with Crippen molar-refractivity contribution < 1.29 is 76.9 Å². The maximum atomic E-state index is 13.7. The number of anilines is 3. The van der Waals surface area contributed by atoms with Crippen molar-refractivity contribution in [2.45, 2.75) is 218 Å². The minimum atomic E-state index is -4.99. The van der Waals surface area contributed by atoms with Crippen molar-refractivity contribution >= 4 is 45.7 Å². The average Bonchev–Trinajstić information content (AvgIpc) is 2.64. The van der Waals surface area contributed by atoms with Gasteiger partial charge in [0, 0.05) is 74.8 Å². The van der Waals surface area contributed by atoms with Crippen molar-refractivity contribution in [1.82, 2.24) is 29.7 Å². The molecule has 3 fully saturated rings. The van der Waals surface area contributed by atoms with E-state index in [0.29, 0.717) is 81.0 Å². The quantitative estimate of drug-likeness (QED) is 0.127. The van der Waals surface area contributed by atoms with E-state index in [4.69, 9.17) is 9.47 Å². The highest BCUT2D eigenvalue weighted by molar-refractivity contribution is 9.10. The number of aromatic nitrogens is 4. The summed E-state index contributed by atoms with van der Waals surface area (Å²) in [6.45, 7) is 18.7. The Morgan fingerprint density at radius 2 is 0.847 bits per heavy atom. The van der Waals surface area contributed by atoms with Gasteiger partial charge in [-0.05, 0) is 163 Å². The number of piperidine rings is 2. The average molecular weight is 1290 g/mol. The Morgan fingerprint density at radius 1 is 0.541 bits per heavy atom. The molecule has 3 aliphatic heterocycles. The highest BCUT2D eigenvalue weighted by Crippen LogP contribution is 2.41. The molecule has 85 heavy (non-hydrogen) atoms. The number of β-amino-alcohol motifs (C(OH)–C–C–N with tert-alkyl or cyclic N) is 1. The van der Waals surface area contributed by atoms with Gasteiger partial charge in [0.2, 0.25) is 11.9 Å². The van der Waals surface area contributed by atoms with E-state index in [-0.39, 0.29) is 78.5 Å². The predicted molar refractivity (Wildman–Crippen MR) is 298 cm³/mol. The Balaban J connectivity index is 0.000000274. The first kappa shape index (κ1) is 68.3. The number of hydrogen-bond acceptors (Lipinski definition) is 12. The fourth-order valence-corrected chi connectivity index (χ4v) is 11.3. The fraction of sp³-hybridized carbons (Fsp3) is 0.621. The van der Waals surface area contributed by atoms with E-state index < -0.39 is 82.5 Å². The van der Waals surface area contributed by atoms with Crippen molar-refractivity contribution in [1.29, 1.82) is 0 Å². The minimum Gasteiger partial charge on any atom is -0.444 e. The zero-order valence-electron chi connectivity index (χ0n) is 49.0. The molecule has 0 bridgehead atoms. The summed E-state index contributed by atoms with van der Waals surface area (Å²) in [7, 11) is 0. The first-order chi connectivity index (χ1) is 39.3. The molecule has 7 rings (SSSR count). The number of carbonyl (C=O) groups is 2. The monoisotopic (exact) mass is 1280 g/mol. The third-order valence-corrected chi connectivity index (χ3v) is 15.4. The van der Waals surface area contributed by atoms with Crippen LogP contribution >= 0.6 is 15.9 Å². The summed E-state index contributed by atoms with van der Waals surface area (Å²) in [5.74, 6) is 0.305. The van der Waals surface area contributed by atoms with Gasteiger partial charge in [-0.25, -0.2) is 29.5 Å². The number of ether oxygens (including phenoxy) is 2. The maximum absolute atomic E-state index is 13.7. The van der Waals surface area contributed by atoms with Gasteiger partial charge in [-0.1, -0.05) is 27.7 Å². The molecule has 2 amide bonds. The number of likely N-dealkylation sites (tertiary alicyclic amines) is 2. The second-order valence-corrected chi connectivity index (χ2v) is 24.6. The molecule has 3 saturated heterocycles. The van der Waals surface area contributed by atoms with Gasteiger partial charge in [-0.3, -0.25) is 0 Å². The van der Waals surface area contributed by atoms with E-state index in [9.17, 15) is 67.4 Å². The van der Waals surface area contributed by atoms with Gasteiger partial charge in [-0.15, -0.1) is 0 Å². The molecule has 5 heterocycles. The molecule has 0 saturated carbocycles. The van der Waals surface area contributed by atoms with Gasteiger partial charge >= 0.3 is 36.9 Å². The van der Waals surface area contributed by atoms with E-state index in [2.05, 4.69) is 35.9 Å². The van der Waals surface area contributed by atoms with Crippen LogP contribution in [0.15, 0.2) is 65.7 Å². The van der Waals surface area contributed by atoms with Gasteiger partial charge in [0.25, 0.3) is 0 Å². The highest BCUT2D eigenvalue weighted by atomic mass is 79.9. The Morgan fingerprint density at radius 3 is 1.11 bits per heavy atom. The number of benzene rings is 2. The molecule has 0 radical (unpaired) electrons. The normalized spacial score (nSPS) is 21.7. The SMILES string of the molecule is CC[C@@H]1CC(N(Cc2cc(C(F)(F)F)cc(C(F)(F)F)c2)c2ncc(Br)cn2)C[C@H](CC)N1C(=O)OC(C)(C)C.CC[C@@H]1CC(N(Cc2cc(C(F)(F)F)cc(C(F)(F)F)c2)c2ncc(N3CC[C@H](O)C3)cn2)C[C@H](CC)N1C(=O)OC(C)(C)C. The second-order valence-electron chi connectivity index (χ2n) is 23.7. The summed E-state index contributed by atoms with van der Waals surface area (Å²) < 4.78 is 176. The Hall–Kier alpha value is -5.86. The minimum absolute atomic E-state index is 0.114. The molecular formula is C58H74BrF12N9O5. The third kappa shape index (κ3) is 18.3. The smallest absolute Gasteiger partial charge is 0.416 e. The van der Waals surface area contributed by atoms with E-state index in [1.54, 1.807) is 73.5 Å². The number of hydrogen-bond donors (Lipinski definition) is 1. The number of carbonyl (C=O) groups excluding carboxylic acids is 2. The molecule has 472 valence electrons. The summed E-state index contributed by atoms with van der Waals surface area (Å²) in [5, 5.41) is 9.93. The molecule has 27 heteroatoms. The van der Waals surface area contributed by atoms with Gasteiger partial charge < -0.3 is 39.1 Å². The standard InChI is InChI=1S/C31H41F6N5O3.C27H33BrF6N4O2/c1-6-22-13-24(14-23(7-2)42(22)28(44)45-29(3,4)5)41(27-38-15-25(16-39-27)40-9-8-26(43)18-40)17-19-10-20(30(32,33)34)12-21(11-19)31(35,36)37;1-6-20-11-22(12-21(7-2)38(20)24(39)40-25(3,4)5)37(23-35-13-19(28)14-36-23)15-16-8-17(26(29,30)31)10-18(9-16)27(32,33)34/h10-12,15-16,22-24,26,43H,6-9,13-14,17-18H2,1-5H3;8-10,13-14,20-22H,6-7,11-12,15H2,1-5H3/t22-,23+,24?,26-;20-,21+,22?/m0./s1.